The maximum absolute atomic E-state index is 11.6. The Morgan fingerprint density at radius 3 is 2.59 bits per heavy atom. The van der Waals surface area contributed by atoms with Gasteiger partial charge in [0.2, 0.25) is 0 Å². The topological polar surface area (TPSA) is 91.1 Å². The van der Waals surface area contributed by atoms with E-state index in [0.717, 1.165) is 53.3 Å². The average Bonchev–Trinajstić information content (AvgIpc) is 2.91. The van der Waals surface area contributed by atoms with Gasteiger partial charge in [0.15, 0.2) is 0 Å². The molecule has 2 aromatic carbocycles. The molecule has 1 saturated heterocycles. The van der Waals surface area contributed by atoms with Crippen molar-refractivity contribution in [3.05, 3.63) is 76.0 Å². The van der Waals surface area contributed by atoms with Gasteiger partial charge in [0, 0.05) is 71.3 Å². The lowest BCUT2D eigenvalue weighted by Gasteiger charge is -2.25. The highest BCUT2D eigenvalue weighted by atomic mass is 35.5. The van der Waals surface area contributed by atoms with Gasteiger partial charge in [0.05, 0.1) is 45.3 Å². The molecule has 5 rings (SSSR count). The summed E-state index contributed by atoms with van der Waals surface area (Å²) in [5.74, 6) is 1.94. The average molecular weight is 552 g/mol. The molecule has 0 amide bonds. The fraction of sp³-hybridized carbons (Fsp3) is 0.222. The van der Waals surface area contributed by atoms with E-state index in [2.05, 4.69) is 32.3 Å². The third-order valence-electron chi connectivity index (χ3n) is 6.29. The fourth-order valence-electron chi connectivity index (χ4n) is 4.27. The first-order valence-corrected chi connectivity index (χ1v) is 13.8. The van der Waals surface area contributed by atoms with Gasteiger partial charge in [-0.05, 0) is 29.8 Å². The first-order valence-electron chi connectivity index (χ1n) is 11.6. The number of aromatic nitrogens is 2. The molecule has 1 fully saturated rings. The SMILES string of the molecule is COc1cc(Nc2c(C#N)cnc3cc(-c4ccc(CN5CCS(=O)CC5)cn4)ccc23)c(Cl)cc1Cl. The first kappa shape index (κ1) is 25.4. The van der Waals surface area contributed by atoms with E-state index >= 15 is 0 Å². The molecule has 10 heteroatoms. The highest BCUT2D eigenvalue weighted by Gasteiger charge is 2.16. The summed E-state index contributed by atoms with van der Waals surface area (Å²) in [4.78, 5) is 11.5. The van der Waals surface area contributed by atoms with Crippen LogP contribution in [0.15, 0.2) is 54.9 Å². The van der Waals surface area contributed by atoms with Crippen LogP contribution in [-0.4, -0.2) is 50.8 Å². The van der Waals surface area contributed by atoms with Crippen LogP contribution >= 0.6 is 23.2 Å². The van der Waals surface area contributed by atoms with Crippen molar-refractivity contribution in [1.82, 2.24) is 14.9 Å². The van der Waals surface area contributed by atoms with E-state index in [-0.39, 0.29) is 0 Å². The van der Waals surface area contributed by atoms with Crippen LogP contribution in [0.1, 0.15) is 11.1 Å². The molecule has 0 atom stereocenters. The van der Waals surface area contributed by atoms with Crippen molar-refractivity contribution in [3.8, 4) is 23.1 Å². The molecule has 37 heavy (non-hydrogen) atoms. The number of nitrogens with zero attached hydrogens (tertiary/aromatic N) is 4. The molecule has 188 valence electrons. The van der Waals surface area contributed by atoms with Gasteiger partial charge in [-0.15, -0.1) is 0 Å². The Hall–Kier alpha value is -3.22. The van der Waals surface area contributed by atoms with Crippen LogP contribution < -0.4 is 10.1 Å². The zero-order chi connectivity index (χ0) is 25.9. The monoisotopic (exact) mass is 551 g/mol. The predicted octanol–water partition coefficient (Wildman–Crippen LogP) is 5.79. The summed E-state index contributed by atoms with van der Waals surface area (Å²) < 4.78 is 16.9. The highest BCUT2D eigenvalue weighted by molar-refractivity contribution is 7.85. The third-order valence-corrected chi connectivity index (χ3v) is 8.17. The van der Waals surface area contributed by atoms with Crippen molar-refractivity contribution in [2.45, 2.75) is 6.54 Å². The van der Waals surface area contributed by atoms with Crippen molar-refractivity contribution in [2.24, 2.45) is 0 Å². The maximum atomic E-state index is 11.6. The minimum atomic E-state index is -0.682. The van der Waals surface area contributed by atoms with Gasteiger partial charge in [-0.2, -0.15) is 5.26 Å². The Morgan fingerprint density at radius 2 is 1.89 bits per heavy atom. The summed E-state index contributed by atoms with van der Waals surface area (Å²) >= 11 is 12.6. The van der Waals surface area contributed by atoms with E-state index in [1.165, 1.54) is 13.3 Å². The molecular formula is C27H23Cl2N5O2S. The lowest BCUT2D eigenvalue weighted by atomic mass is 10.0. The zero-order valence-electron chi connectivity index (χ0n) is 20.0. The molecule has 0 bridgehead atoms. The molecule has 0 aliphatic carbocycles. The summed E-state index contributed by atoms with van der Waals surface area (Å²) in [5.41, 5.74) is 5.12. The Labute approximate surface area is 227 Å². The fourth-order valence-corrected chi connectivity index (χ4v) is 5.90. The number of benzene rings is 2. The quantitative estimate of drug-likeness (QED) is 0.324. The number of anilines is 2. The molecule has 0 spiro atoms. The number of fused-ring (bicyclic) bond motifs is 1. The summed E-state index contributed by atoms with van der Waals surface area (Å²) in [6, 6.07) is 15.4. The summed E-state index contributed by atoms with van der Waals surface area (Å²) in [6.45, 7) is 2.49. The van der Waals surface area contributed by atoms with Gasteiger partial charge in [0.25, 0.3) is 0 Å². The molecule has 1 N–H and O–H groups in total. The van der Waals surface area contributed by atoms with Crippen LogP contribution in [0.25, 0.3) is 22.2 Å². The summed E-state index contributed by atoms with van der Waals surface area (Å²) in [7, 11) is 0.846. The summed E-state index contributed by atoms with van der Waals surface area (Å²) in [6.07, 6.45) is 3.43. The molecule has 7 nitrogen and oxygen atoms in total. The largest absolute Gasteiger partial charge is 0.495 e. The Morgan fingerprint density at radius 1 is 1.08 bits per heavy atom. The van der Waals surface area contributed by atoms with E-state index in [1.54, 1.807) is 12.1 Å². The van der Waals surface area contributed by atoms with Crippen LogP contribution in [0.4, 0.5) is 11.4 Å². The van der Waals surface area contributed by atoms with E-state index in [9.17, 15) is 9.47 Å². The van der Waals surface area contributed by atoms with Crippen LogP contribution in [0, 0.1) is 11.3 Å². The summed E-state index contributed by atoms with van der Waals surface area (Å²) in [5, 5.41) is 14.6. The van der Waals surface area contributed by atoms with Crippen LogP contribution in [0.3, 0.4) is 0 Å². The van der Waals surface area contributed by atoms with E-state index in [4.69, 9.17) is 27.9 Å². The third kappa shape index (κ3) is 5.55. The second-order valence-electron chi connectivity index (χ2n) is 8.66. The first-order chi connectivity index (χ1) is 17.9. The number of rotatable bonds is 6. The molecule has 1 aliphatic rings. The van der Waals surface area contributed by atoms with Crippen molar-refractivity contribution in [2.75, 3.05) is 37.0 Å². The van der Waals surface area contributed by atoms with Crippen LogP contribution in [-0.2, 0) is 17.3 Å². The standard InChI is InChI=1S/C27H23Cl2N5O2S/c1-36-26-12-25(21(28)11-22(26)29)33-27-19(13-30)15-32-24-10-18(3-4-20(24)27)23-5-2-17(14-31-23)16-34-6-8-37(35)9-7-34/h2-5,10-12,14-15H,6-9,16H2,1H3,(H,32,33). The van der Waals surface area contributed by atoms with Gasteiger partial charge in [-0.3, -0.25) is 19.1 Å². The van der Waals surface area contributed by atoms with Crippen LogP contribution in [0.5, 0.6) is 5.75 Å². The number of nitrogens with one attached hydrogen (secondary N) is 1. The second-order valence-corrected chi connectivity index (χ2v) is 11.2. The zero-order valence-corrected chi connectivity index (χ0v) is 22.3. The molecule has 0 saturated carbocycles. The minimum absolute atomic E-state index is 0.384. The van der Waals surface area contributed by atoms with Crippen molar-refractivity contribution in [1.29, 1.82) is 5.26 Å². The lowest BCUT2D eigenvalue weighted by Crippen LogP contribution is -2.37. The van der Waals surface area contributed by atoms with Gasteiger partial charge in [0.1, 0.15) is 11.8 Å². The Balaban J connectivity index is 1.43. The van der Waals surface area contributed by atoms with Gasteiger partial charge >= 0.3 is 0 Å². The van der Waals surface area contributed by atoms with Crippen molar-refractivity contribution >= 4 is 56.3 Å². The minimum Gasteiger partial charge on any atom is -0.495 e. The molecule has 2 aromatic heterocycles. The Kier molecular flexibility index (Phi) is 7.58. The molecule has 3 heterocycles. The lowest BCUT2D eigenvalue weighted by molar-refractivity contribution is 0.291. The number of nitriles is 1. The highest BCUT2D eigenvalue weighted by Crippen LogP contribution is 2.38. The van der Waals surface area contributed by atoms with Crippen LogP contribution in [0.2, 0.25) is 10.0 Å². The molecule has 0 unspecified atom stereocenters. The number of methoxy groups -OCH3 is 1. The maximum Gasteiger partial charge on any atom is 0.139 e. The van der Waals surface area contributed by atoms with Crippen molar-refractivity contribution < 1.29 is 8.95 Å². The number of ether oxygens (including phenoxy) is 1. The number of pyridine rings is 2. The number of hydrogen-bond acceptors (Lipinski definition) is 7. The molecule has 4 aromatic rings. The second kappa shape index (κ2) is 11.0. The Bertz CT molecular complexity index is 1530. The predicted molar refractivity (Wildman–Crippen MR) is 149 cm³/mol. The van der Waals surface area contributed by atoms with E-state index < -0.39 is 10.8 Å². The number of hydrogen-bond donors (Lipinski definition) is 1. The molecule has 1 aliphatic heterocycles. The normalized spacial score (nSPS) is 14.4. The van der Waals surface area contributed by atoms with Gasteiger partial charge in [-0.1, -0.05) is 35.3 Å². The number of halogens is 2. The molecular weight excluding hydrogens is 529 g/mol. The van der Waals surface area contributed by atoms with Gasteiger partial charge < -0.3 is 10.1 Å². The van der Waals surface area contributed by atoms with Gasteiger partial charge in [-0.25, -0.2) is 0 Å². The van der Waals surface area contributed by atoms with E-state index in [1.807, 2.05) is 30.5 Å². The van der Waals surface area contributed by atoms with Crippen molar-refractivity contribution in [3.63, 3.8) is 0 Å². The smallest absolute Gasteiger partial charge is 0.139 e. The molecule has 0 radical (unpaired) electrons. The van der Waals surface area contributed by atoms with E-state index in [0.29, 0.717) is 38.2 Å².